The van der Waals surface area contributed by atoms with Crippen molar-refractivity contribution in [1.82, 2.24) is 9.78 Å². The molecule has 20 heavy (non-hydrogen) atoms. The average molecular weight is 270 g/mol. The molecule has 0 fully saturated rings. The molecule has 0 saturated heterocycles. The molecular formula is C16H18N2O2. The minimum atomic E-state index is -0.649. The van der Waals surface area contributed by atoms with Gasteiger partial charge in [0.2, 0.25) is 0 Å². The first-order chi connectivity index (χ1) is 9.67. The van der Waals surface area contributed by atoms with E-state index in [9.17, 15) is 5.11 Å². The molecule has 0 bridgehead atoms. The van der Waals surface area contributed by atoms with E-state index in [-0.39, 0.29) is 0 Å². The first-order valence-electron chi connectivity index (χ1n) is 6.87. The molecule has 1 aromatic carbocycles. The van der Waals surface area contributed by atoms with Crippen molar-refractivity contribution in [1.29, 1.82) is 0 Å². The highest BCUT2D eigenvalue weighted by Crippen LogP contribution is 2.26. The Morgan fingerprint density at radius 2 is 2.10 bits per heavy atom. The van der Waals surface area contributed by atoms with Crippen LogP contribution in [-0.4, -0.2) is 14.9 Å². The van der Waals surface area contributed by atoms with Gasteiger partial charge in [0, 0.05) is 24.0 Å². The number of aliphatic hydroxyl groups is 1. The number of rotatable bonds is 4. The molecule has 0 saturated carbocycles. The molecule has 4 heteroatoms. The van der Waals surface area contributed by atoms with Gasteiger partial charge < -0.3 is 9.52 Å². The Morgan fingerprint density at radius 3 is 2.85 bits per heavy atom. The largest absolute Gasteiger partial charge is 0.458 e. The van der Waals surface area contributed by atoms with E-state index in [0.29, 0.717) is 12.2 Å². The van der Waals surface area contributed by atoms with Gasteiger partial charge >= 0.3 is 0 Å². The van der Waals surface area contributed by atoms with Gasteiger partial charge in [0.1, 0.15) is 17.4 Å². The van der Waals surface area contributed by atoms with Gasteiger partial charge in [-0.3, -0.25) is 4.68 Å². The summed E-state index contributed by atoms with van der Waals surface area (Å²) in [6, 6.07) is 11.7. The van der Waals surface area contributed by atoms with Crippen LogP contribution < -0.4 is 0 Å². The number of aromatic nitrogens is 2. The lowest BCUT2D eigenvalue weighted by atomic mass is 10.1. The van der Waals surface area contributed by atoms with Crippen LogP contribution in [0.3, 0.4) is 0 Å². The molecule has 1 atom stereocenters. The lowest BCUT2D eigenvalue weighted by molar-refractivity contribution is 0.150. The van der Waals surface area contributed by atoms with Crippen molar-refractivity contribution >= 4 is 11.0 Å². The van der Waals surface area contributed by atoms with Crippen LogP contribution in [0.25, 0.3) is 11.0 Å². The lowest BCUT2D eigenvalue weighted by Gasteiger charge is -2.08. The van der Waals surface area contributed by atoms with Crippen LogP contribution in [0.15, 0.2) is 40.8 Å². The minimum absolute atomic E-state index is 0.508. The molecule has 4 nitrogen and oxygen atoms in total. The number of fused-ring (bicyclic) bond motifs is 1. The van der Waals surface area contributed by atoms with Crippen LogP contribution >= 0.6 is 0 Å². The fraction of sp³-hybridized carbons (Fsp3) is 0.312. The molecule has 2 heterocycles. The average Bonchev–Trinajstić information content (AvgIpc) is 3.01. The molecule has 1 N–H and O–H groups in total. The fourth-order valence-corrected chi connectivity index (χ4v) is 2.50. The molecule has 2 aromatic heterocycles. The first kappa shape index (κ1) is 12.9. The quantitative estimate of drug-likeness (QED) is 0.791. The smallest absolute Gasteiger partial charge is 0.134 e. The second-order valence-corrected chi connectivity index (χ2v) is 5.00. The summed E-state index contributed by atoms with van der Waals surface area (Å²) >= 11 is 0. The highest BCUT2D eigenvalue weighted by atomic mass is 16.4. The molecule has 1 unspecified atom stereocenters. The summed E-state index contributed by atoms with van der Waals surface area (Å²) in [4.78, 5) is 0. The second-order valence-electron chi connectivity index (χ2n) is 5.00. The van der Waals surface area contributed by atoms with Gasteiger partial charge in [0.15, 0.2) is 0 Å². The van der Waals surface area contributed by atoms with Crippen molar-refractivity contribution in [2.75, 3.05) is 0 Å². The summed E-state index contributed by atoms with van der Waals surface area (Å²) < 4.78 is 7.62. The third-order valence-electron chi connectivity index (χ3n) is 3.46. The Morgan fingerprint density at radius 1 is 1.30 bits per heavy atom. The topological polar surface area (TPSA) is 51.2 Å². The van der Waals surface area contributed by atoms with E-state index in [1.807, 2.05) is 54.9 Å². The van der Waals surface area contributed by atoms with Gasteiger partial charge in [-0.15, -0.1) is 0 Å². The van der Waals surface area contributed by atoms with Crippen LogP contribution in [0.4, 0.5) is 0 Å². The van der Waals surface area contributed by atoms with Crippen LogP contribution in [0.2, 0.25) is 0 Å². The Labute approximate surface area is 117 Å². The number of furan rings is 1. The summed E-state index contributed by atoms with van der Waals surface area (Å²) in [7, 11) is 0. The van der Waals surface area contributed by atoms with E-state index in [4.69, 9.17) is 4.42 Å². The zero-order valence-corrected chi connectivity index (χ0v) is 11.7. The summed E-state index contributed by atoms with van der Waals surface area (Å²) in [5.41, 5.74) is 2.80. The van der Waals surface area contributed by atoms with Crippen molar-refractivity contribution < 1.29 is 9.52 Å². The van der Waals surface area contributed by atoms with Crippen molar-refractivity contribution in [3.05, 3.63) is 53.5 Å². The molecule has 0 radical (unpaired) electrons. The zero-order chi connectivity index (χ0) is 14.1. The number of hydrogen-bond donors (Lipinski definition) is 1. The number of hydrogen-bond acceptors (Lipinski definition) is 3. The third-order valence-corrected chi connectivity index (χ3v) is 3.46. The van der Waals surface area contributed by atoms with Gasteiger partial charge in [0.25, 0.3) is 0 Å². The van der Waals surface area contributed by atoms with Gasteiger partial charge in [-0.25, -0.2) is 0 Å². The predicted octanol–water partition coefficient (Wildman–Crippen LogP) is 3.23. The molecule has 104 valence electrons. The second kappa shape index (κ2) is 5.13. The van der Waals surface area contributed by atoms with Crippen molar-refractivity contribution in [3.8, 4) is 0 Å². The molecule has 0 aliphatic carbocycles. The molecule has 0 aliphatic heterocycles. The normalized spacial score (nSPS) is 12.9. The molecule has 0 spiro atoms. The van der Waals surface area contributed by atoms with Gasteiger partial charge in [-0.1, -0.05) is 18.2 Å². The molecular weight excluding hydrogens is 252 g/mol. The van der Waals surface area contributed by atoms with E-state index in [1.165, 1.54) is 0 Å². The zero-order valence-electron chi connectivity index (χ0n) is 11.7. The van der Waals surface area contributed by atoms with Crippen molar-refractivity contribution in [2.24, 2.45) is 0 Å². The Hall–Kier alpha value is -2.07. The van der Waals surface area contributed by atoms with Crippen molar-refractivity contribution in [3.63, 3.8) is 0 Å². The maximum Gasteiger partial charge on any atom is 0.134 e. The van der Waals surface area contributed by atoms with Crippen molar-refractivity contribution in [2.45, 2.75) is 32.9 Å². The fourth-order valence-electron chi connectivity index (χ4n) is 2.50. The standard InChI is InChI=1S/C16H18N2O2/c1-3-18-13(8-11(2)17-18)10-14(19)16-9-12-6-4-5-7-15(12)20-16/h4-9,14,19H,3,10H2,1-2H3. The van der Waals surface area contributed by atoms with Gasteiger partial charge in [0.05, 0.1) is 5.69 Å². The number of aliphatic hydroxyl groups excluding tert-OH is 1. The molecule has 0 amide bonds. The van der Waals surface area contributed by atoms with E-state index in [1.54, 1.807) is 0 Å². The third kappa shape index (κ3) is 2.34. The maximum absolute atomic E-state index is 10.4. The molecule has 0 aliphatic rings. The monoisotopic (exact) mass is 270 g/mol. The maximum atomic E-state index is 10.4. The Kier molecular flexibility index (Phi) is 3.32. The summed E-state index contributed by atoms with van der Waals surface area (Å²) in [6.45, 7) is 4.81. The number of para-hydroxylation sites is 1. The number of nitrogens with zero attached hydrogens (tertiary/aromatic N) is 2. The Balaban J connectivity index is 1.86. The SMILES string of the molecule is CCn1nc(C)cc1CC(O)c1cc2ccccc2o1. The Bertz CT molecular complexity index is 694. The van der Waals surface area contributed by atoms with Crippen LogP contribution in [0.5, 0.6) is 0 Å². The molecule has 3 aromatic rings. The summed E-state index contributed by atoms with van der Waals surface area (Å²) in [5.74, 6) is 0.604. The molecule has 3 rings (SSSR count). The van der Waals surface area contributed by atoms with E-state index in [0.717, 1.165) is 28.9 Å². The van der Waals surface area contributed by atoms with Crippen LogP contribution in [0, 0.1) is 6.92 Å². The van der Waals surface area contributed by atoms with Crippen LogP contribution in [-0.2, 0) is 13.0 Å². The van der Waals surface area contributed by atoms with E-state index >= 15 is 0 Å². The van der Waals surface area contributed by atoms with Crippen LogP contribution in [0.1, 0.15) is 30.2 Å². The summed E-state index contributed by atoms with van der Waals surface area (Å²) in [5, 5.41) is 15.8. The summed E-state index contributed by atoms with van der Waals surface area (Å²) in [6.07, 6.45) is -0.141. The van der Waals surface area contributed by atoms with E-state index in [2.05, 4.69) is 5.10 Å². The van der Waals surface area contributed by atoms with Gasteiger partial charge in [-0.05, 0) is 32.0 Å². The first-order valence-corrected chi connectivity index (χ1v) is 6.87. The number of benzene rings is 1. The number of aryl methyl sites for hydroxylation is 2. The highest BCUT2D eigenvalue weighted by molar-refractivity contribution is 5.77. The van der Waals surface area contributed by atoms with E-state index < -0.39 is 6.10 Å². The predicted molar refractivity (Wildman–Crippen MR) is 77.5 cm³/mol. The lowest BCUT2D eigenvalue weighted by Crippen LogP contribution is -2.07. The highest BCUT2D eigenvalue weighted by Gasteiger charge is 2.16. The van der Waals surface area contributed by atoms with Gasteiger partial charge in [-0.2, -0.15) is 5.10 Å². The minimum Gasteiger partial charge on any atom is -0.458 e.